The van der Waals surface area contributed by atoms with E-state index in [1.54, 1.807) is 12.1 Å². The van der Waals surface area contributed by atoms with E-state index in [-0.39, 0.29) is 5.56 Å². The summed E-state index contributed by atoms with van der Waals surface area (Å²) in [5.74, 6) is 0.698. The van der Waals surface area contributed by atoms with Gasteiger partial charge in [0.2, 0.25) is 5.75 Å². The minimum absolute atomic E-state index is 0.252. The number of rotatable bonds is 7. The molecule has 0 saturated heterocycles. The number of amides is 2. The van der Waals surface area contributed by atoms with E-state index in [1.807, 2.05) is 12.1 Å². The zero-order chi connectivity index (χ0) is 20.7. The van der Waals surface area contributed by atoms with E-state index in [0.29, 0.717) is 28.7 Å². The molecule has 0 heterocycles. The van der Waals surface area contributed by atoms with Gasteiger partial charge in [0, 0.05) is 11.1 Å². The Morgan fingerprint density at radius 2 is 1.32 bits per heavy atom. The number of hydrogen-bond donors (Lipinski definition) is 2. The molecule has 7 heteroatoms. The molecule has 0 spiro atoms. The van der Waals surface area contributed by atoms with Crippen LogP contribution in [0.15, 0.2) is 36.4 Å². The summed E-state index contributed by atoms with van der Waals surface area (Å²) >= 11 is 0. The lowest BCUT2D eigenvalue weighted by Crippen LogP contribution is -2.41. The third-order valence-corrected chi connectivity index (χ3v) is 4.08. The van der Waals surface area contributed by atoms with Gasteiger partial charge in [0.05, 0.1) is 21.3 Å². The first-order chi connectivity index (χ1) is 13.4. The zero-order valence-electron chi connectivity index (χ0n) is 16.8. The molecule has 0 aliphatic heterocycles. The van der Waals surface area contributed by atoms with E-state index in [4.69, 9.17) is 14.2 Å². The molecule has 0 aliphatic rings. The normalized spacial score (nSPS) is 10.4. The molecule has 0 aromatic heterocycles. The fourth-order valence-electron chi connectivity index (χ4n) is 2.73. The van der Waals surface area contributed by atoms with Crippen molar-refractivity contribution in [1.82, 2.24) is 10.9 Å². The molecule has 28 heavy (non-hydrogen) atoms. The largest absolute Gasteiger partial charge is 0.493 e. The Kier molecular flexibility index (Phi) is 7.26. The van der Waals surface area contributed by atoms with E-state index in [9.17, 15) is 9.59 Å². The minimum atomic E-state index is -0.510. The maximum atomic E-state index is 12.4. The molecule has 2 amide bonds. The highest BCUT2D eigenvalue weighted by Crippen LogP contribution is 2.38. The fraction of sp³-hybridized carbons (Fsp3) is 0.333. The Morgan fingerprint density at radius 3 is 1.75 bits per heavy atom. The molecule has 2 aromatic rings. The van der Waals surface area contributed by atoms with Gasteiger partial charge in [0.1, 0.15) is 0 Å². The summed E-state index contributed by atoms with van der Waals surface area (Å²) in [6.45, 7) is 4.28. The maximum Gasteiger partial charge on any atom is 0.269 e. The van der Waals surface area contributed by atoms with Gasteiger partial charge < -0.3 is 14.2 Å². The van der Waals surface area contributed by atoms with E-state index >= 15 is 0 Å². The Hall–Kier alpha value is -3.22. The average molecular weight is 386 g/mol. The predicted octanol–water partition coefficient (Wildman–Crippen LogP) is 2.99. The van der Waals surface area contributed by atoms with Gasteiger partial charge in [-0.25, -0.2) is 0 Å². The third-order valence-electron chi connectivity index (χ3n) is 4.08. The number of nitrogens with one attached hydrogen (secondary N) is 2. The number of hydrazine groups is 1. The van der Waals surface area contributed by atoms with E-state index in [2.05, 4.69) is 24.7 Å². The van der Waals surface area contributed by atoms with Crippen LogP contribution in [0, 0.1) is 5.92 Å². The van der Waals surface area contributed by atoms with Gasteiger partial charge in [-0.05, 0) is 42.2 Å². The van der Waals surface area contributed by atoms with Gasteiger partial charge >= 0.3 is 0 Å². The first-order valence-electron chi connectivity index (χ1n) is 8.89. The van der Waals surface area contributed by atoms with Gasteiger partial charge in [-0.2, -0.15) is 0 Å². The number of hydrogen-bond acceptors (Lipinski definition) is 5. The Labute approximate surface area is 165 Å². The second-order valence-electron chi connectivity index (χ2n) is 6.62. The Morgan fingerprint density at radius 1 is 0.821 bits per heavy atom. The predicted molar refractivity (Wildman–Crippen MR) is 106 cm³/mol. The van der Waals surface area contributed by atoms with Gasteiger partial charge in [0.15, 0.2) is 11.5 Å². The molecule has 0 saturated carbocycles. The molecule has 2 rings (SSSR count). The summed E-state index contributed by atoms with van der Waals surface area (Å²) in [4.78, 5) is 24.7. The minimum Gasteiger partial charge on any atom is -0.493 e. The summed E-state index contributed by atoms with van der Waals surface area (Å²) < 4.78 is 15.7. The second kappa shape index (κ2) is 9.64. The Bertz CT molecular complexity index is 806. The molecule has 0 bridgehead atoms. The van der Waals surface area contributed by atoms with Gasteiger partial charge in [-0.3, -0.25) is 20.4 Å². The van der Waals surface area contributed by atoms with Crippen LogP contribution in [-0.4, -0.2) is 33.1 Å². The van der Waals surface area contributed by atoms with Gasteiger partial charge in [-0.1, -0.05) is 26.0 Å². The highest BCUT2D eigenvalue weighted by molar-refractivity contribution is 5.99. The summed E-state index contributed by atoms with van der Waals surface area (Å²) in [5, 5.41) is 0. The zero-order valence-corrected chi connectivity index (χ0v) is 16.8. The third kappa shape index (κ3) is 5.16. The van der Waals surface area contributed by atoms with Gasteiger partial charge in [0.25, 0.3) is 11.8 Å². The molecule has 2 aromatic carbocycles. The van der Waals surface area contributed by atoms with Crippen LogP contribution in [0.3, 0.4) is 0 Å². The quantitative estimate of drug-likeness (QED) is 0.715. The highest BCUT2D eigenvalue weighted by Gasteiger charge is 2.17. The maximum absolute atomic E-state index is 12.4. The second-order valence-corrected chi connectivity index (χ2v) is 6.62. The first kappa shape index (κ1) is 21.1. The smallest absolute Gasteiger partial charge is 0.269 e. The van der Waals surface area contributed by atoms with Gasteiger partial charge in [-0.15, -0.1) is 0 Å². The lowest BCUT2D eigenvalue weighted by atomic mass is 10.0. The Balaban J connectivity index is 2.06. The van der Waals surface area contributed by atoms with E-state index in [1.165, 1.54) is 33.5 Å². The number of benzene rings is 2. The van der Waals surface area contributed by atoms with Crippen molar-refractivity contribution < 1.29 is 23.8 Å². The van der Waals surface area contributed by atoms with Crippen molar-refractivity contribution in [2.24, 2.45) is 5.92 Å². The summed E-state index contributed by atoms with van der Waals surface area (Å²) in [7, 11) is 4.40. The van der Waals surface area contributed by atoms with Crippen molar-refractivity contribution in [2.45, 2.75) is 20.3 Å². The van der Waals surface area contributed by atoms with E-state index in [0.717, 1.165) is 12.0 Å². The van der Waals surface area contributed by atoms with Crippen molar-refractivity contribution in [1.29, 1.82) is 0 Å². The van der Waals surface area contributed by atoms with Crippen molar-refractivity contribution in [3.8, 4) is 17.2 Å². The molecule has 0 radical (unpaired) electrons. The van der Waals surface area contributed by atoms with Crippen molar-refractivity contribution in [3.63, 3.8) is 0 Å². The molecule has 0 fully saturated rings. The van der Waals surface area contributed by atoms with Crippen LogP contribution in [0.4, 0.5) is 0 Å². The average Bonchev–Trinajstić information content (AvgIpc) is 2.70. The molecular formula is C21H26N2O5. The summed E-state index contributed by atoms with van der Waals surface area (Å²) in [5.41, 5.74) is 6.67. The molecule has 0 aliphatic carbocycles. The highest BCUT2D eigenvalue weighted by atomic mass is 16.5. The molecule has 0 atom stereocenters. The molecule has 7 nitrogen and oxygen atoms in total. The van der Waals surface area contributed by atoms with Crippen LogP contribution in [0.1, 0.15) is 40.1 Å². The molecular weight excluding hydrogens is 360 g/mol. The van der Waals surface area contributed by atoms with Crippen LogP contribution in [0.25, 0.3) is 0 Å². The SMILES string of the molecule is COc1cc(C(=O)NNC(=O)c2ccc(CC(C)C)cc2)cc(OC)c1OC. The van der Waals surface area contributed by atoms with Crippen LogP contribution in [0.5, 0.6) is 17.2 Å². The van der Waals surface area contributed by atoms with Crippen LogP contribution in [0.2, 0.25) is 0 Å². The fourth-order valence-corrected chi connectivity index (χ4v) is 2.73. The van der Waals surface area contributed by atoms with Crippen molar-refractivity contribution in [3.05, 3.63) is 53.1 Å². The number of methoxy groups -OCH3 is 3. The first-order valence-corrected chi connectivity index (χ1v) is 8.89. The van der Waals surface area contributed by atoms with E-state index < -0.39 is 11.8 Å². The number of carbonyl (C=O) groups excluding carboxylic acids is 2. The topological polar surface area (TPSA) is 85.9 Å². The summed E-state index contributed by atoms with van der Waals surface area (Å²) in [6, 6.07) is 10.3. The lowest BCUT2D eigenvalue weighted by molar-refractivity contribution is 0.0846. The van der Waals surface area contributed by atoms with Crippen molar-refractivity contribution in [2.75, 3.05) is 21.3 Å². The van der Waals surface area contributed by atoms with Crippen molar-refractivity contribution >= 4 is 11.8 Å². The molecule has 2 N–H and O–H groups in total. The lowest BCUT2D eigenvalue weighted by Gasteiger charge is -2.14. The molecule has 0 unspecified atom stereocenters. The number of ether oxygens (including phenoxy) is 3. The molecule has 150 valence electrons. The number of carbonyl (C=O) groups is 2. The standard InChI is InChI=1S/C21H26N2O5/c1-13(2)10-14-6-8-15(9-7-14)20(24)22-23-21(25)16-11-17(26-3)19(28-5)18(12-16)27-4/h6-9,11-13H,10H2,1-5H3,(H,22,24)(H,23,25). The van der Waals surface area contributed by atoms with Crippen LogP contribution >= 0.6 is 0 Å². The summed E-state index contributed by atoms with van der Waals surface area (Å²) in [6.07, 6.45) is 0.944. The van der Waals surface area contributed by atoms with Crippen LogP contribution < -0.4 is 25.1 Å². The van der Waals surface area contributed by atoms with Crippen LogP contribution in [-0.2, 0) is 6.42 Å². The monoisotopic (exact) mass is 386 g/mol.